The van der Waals surface area contributed by atoms with Crippen molar-refractivity contribution in [3.63, 3.8) is 0 Å². The Labute approximate surface area is 232 Å². The molecule has 1 aromatic carbocycles. The van der Waals surface area contributed by atoms with Gasteiger partial charge in [-0.25, -0.2) is 9.78 Å². The van der Waals surface area contributed by atoms with Crippen molar-refractivity contribution in [1.82, 2.24) is 15.6 Å². The number of halogens is 2. The summed E-state index contributed by atoms with van der Waals surface area (Å²) in [6, 6.07) is 8.03. The van der Waals surface area contributed by atoms with Gasteiger partial charge in [-0.2, -0.15) is 14.0 Å². The van der Waals surface area contributed by atoms with Crippen LogP contribution < -0.4 is 20.3 Å². The van der Waals surface area contributed by atoms with Crippen molar-refractivity contribution in [3.8, 4) is 22.9 Å². The lowest BCUT2D eigenvalue weighted by molar-refractivity contribution is -0.0498. The molecular weight excluding hydrogens is 520 g/mol. The molecule has 4 rings (SSSR count). The lowest BCUT2D eigenvalue weighted by Gasteiger charge is -2.30. The van der Waals surface area contributed by atoms with Crippen molar-refractivity contribution >= 4 is 17.7 Å². The third-order valence-electron chi connectivity index (χ3n) is 7.03. The van der Waals surface area contributed by atoms with Gasteiger partial charge in [-0.1, -0.05) is 12.1 Å². The van der Waals surface area contributed by atoms with Crippen LogP contribution in [0, 0.1) is 17.2 Å². The molecule has 0 unspecified atom stereocenters. The molecule has 2 fully saturated rings. The highest BCUT2D eigenvalue weighted by atomic mass is 19.3. The van der Waals surface area contributed by atoms with Crippen molar-refractivity contribution in [2.45, 2.75) is 77.7 Å². The highest BCUT2D eigenvalue weighted by Crippen LogP contribution is 2.41. The molecule has 1 aliphatic carbocycles. The van der Waals surface area contributed by atoms with Crippen LogP contribution in [0.2, 0.25) is 0 Å². The average Bonchev–Trinajstić information content (AvgIpc) is 3.64. The first-order valence-corrected chi connectivity index (χ1v) is 13.3. The highest BCUT2D eigenvalue weighted by Gasteiger charge is 2.39. The molecule has 2 atom stereocenters. The second kappa shape index (κ2) is 11.3. The summed E-state index contributed by atoms with van der Waals surface area (Å²) in [7, 11) is 0. The lowest BCUT2D eigenvalue weighted by Crippen LogP contribution is -2.49. The van der Waals surface area contributed by atoms with E-state index in [-0.39, 0.29) is 29.0 Å². The van der Waals surface area contributed by atoms with Crippen LogP contribution in [0.15, 0.2) is 30.5 Å². The van der Waals surface area contributed by atoms with E-state index in [1.165, 1.54) is 24.4 Å². The van der Waals surface area contributed by atoms with E-state index >= 15 is 0 Å². The zero-order chi connectivity index (χ0) is 29.2. The first-order valence-electron chi connectivity index (χ1n) is 13.3. The van der Waals surface area contributed by atoms with Crippen LogP contribution in [0.3, 0.4) is 0 Å². The van der Waals surface area contributed by atoms with E-state index in [4.69, 9.17) is 4.74 Å². The number of nitrogens with zero attached hydrogens (tertiary/aromatic N) is 3. The Hall–Kier alpha value is -3.94. The summed E-state index contributed by atoms with van der Waals surface area (Å²) in [5.74, 6) is -0.0202. The molecule has 9 nitrogen and oxygen atoms in total. The van der Waals surface area contributed by atoms with E-state index in [1.807, 2.05) is 18.7 Å². The molecule has 11 heteroatoms. The van der Waals surface area contributed by atoms with E-state index < -0.39 is 23.8 Å². The minimum Gasteiger partial charge on any atom is -0.444 e. The highest BCUT2D eigenvalue weighted by molar-refractivity contribution is 6.04. The fourth-order valence-electron chi connectivity index (χ4n) is 4.98. The Morgan fingerprint density at radius 1 is 1.27 bits per heavy atom. The first kappa shape index (κ1) is 29.1. The van der Waals surface area contributed by atoms with Gasteiger partial charge in [0.2, 0.25) is 0 Å². The fraction of sp³-hybridized carbons (Fsp3) is 0.517. The van der Waals surface area contributed by atoms with Crippen LogP contribution in [0.4, 0.5) is 19.3 Å². The van der Waals surface area contributed by atoms with Crippen molar-refractivity contribution in [2.24, 2.45) is 5.92 Å². The van der Waals surface area contributed by atoms with Crippen molar-refractivity contribution in [2.75, 3.05) is 18.0 Å². The summed E-state index contributed by atoms with van der Waals surface area (Å²) in [6.07, 6.45) is 3.44. The van der Waals surface area contributed by atoms with Gasteiger partial charge in [-0.3, -0.25) is 4.79 Å². The number of alkyl halides is 2. The predicted molar refractivity (Wildman–Crippen MR) is 145 cm³/mol. The number of anilines is 1. The molecule has 2 aromatic rings. The number of nitrogens with one attached hydrogen (secondary N) is 2. The maximum atomic E-state index is 13.6. The van der Waals surface area contributed by atoms with Gasteiger partial charge in [0.15, 0.2) is 0 Å². The van der Waals surface area contributed by atoms with Gasteiger partial charge in [-0.05, 0) is 77.5 Å². The predicted octanol–water partition coefficient (Wildman–Crippen LogP) is 5.24. The topological polar surface area (TPSA) is 117 Å². The molecule has 0 bridgehead atoms. The van der Waals surface area contributed by atoms with Crippen LogP contribution in [-0.4, -0.2) is 53.9 Å². The van der Waals surface area contributed by atoms with Crippen molar-refractivity contribution < 1.29 is 27.8 Å². The summed E-state index contributed by atoms with van der Waals surface area (Å²) >= 11 is 0. The number of hydrogen-bond acceptors (Lipinski definition) is 7. The van der Waals surface area contributed by atoms with Crippen molar-refractivity contribution in [1.29, 1.82) is 5.26 Å². The second-order valence-electron chi connectivity index (χ2n) is 11.7. The minimum atomic E-state index is -3.03. The van der Waals surface area contributed by atoms with Gasteiger partial charge in [0.1, 0.15) is 23.1 Å². The van der Waals surface area contributed by atoms with Crippen molar-refractivity contribution in [3.05, 3.63) is 41.7 Å². The molecule has 2 aliphatic rings. The largest absolute Gasteiger partial charge is 0.444 e. The van der Waals surface area contributed by atoms with Gasteiger partial charge in [0, 0.05) is 30.9 Å². The molecule has 214 valence electrons. The van der Waals surface area contributed by atoms with E-state index in [9.17, 15) is 23.6 Å². The second-order valence-corrected chi connectivity index (χ2v) is 11.7. The standard InChI is InChI=1S/C29H35F2N5O4/c1-17(18-9-10-18)34-25(37)21-15-33-22(14-32)23(19-7-6-8-20(13-19)39-26(30)31)24(21)36-12-11-29(5,16-36)35-27(38)40-28(2,3)4/h6-8,13,15,17-18,26H,9-12,16H2,1-5H3,(H,34,37)(H,35,38)/t17-,29-/m0/s1. The number of amides is 2. The maximum absolute atomic E-state index is 13.6. The summed E-state index contributed by atoms with van der Waals surface area (Å²) < 4.78 is 36.0. The van der Waals surface area contributed by atoms with Gasteiger partial charge in [0.05, 0.1) is 16.8 Å². The van der Waals surface area contributed by atoms with Crippen LogP contribution in [0.1, 0.15) is 69.9 Å². The quantitative estimate of drug-likeness (QED) is 0.457. The van der Waals surface area contributed by atoms with Gasteiger partial charge in [0.25, 0.3) is 5.91 Å². The minimum absolute atomic E-state index is 0.0321. The molecule has 2 heterocycles. The zero-order valence-corrected chi connectivity index (χ0v) is 23.4. The number of ether oxygens (including phenoxy) is 2. The molecule has 2 amide bonds. The summed E-state index contributed by atoms with van der Waals surface area (Å²) in [4.78, 5) is 32.4. The summed E-state index contributed by atoms with van der Waals surface area (Å²) in [5.41, 5.74) is 0.0777. The Balaban J connectivity index is 1.77. The van der Waals surface area contributed by atoms with E-state index in [0.29, 0.717) is 42.2 Å². The Morgan fingerprint density at radius 3 is 2.62 bits per heavy atom. The number of nitriles is 1. The van der Waals surface area contributed by atoms with Crippen LogP contribution in [-0.2, 0) is 4.74 Å². The number of aromatic nitrogens is 1. The van der Waals surface area contributed by atoms with Crippen LogP contribution in [0.5, 0.6) is 5.75 Å². The molecule has 2 N–H and O–H groups in total. The molecule has 0 radical (unpaired) electrons. The Morgan fingerprint density at radius 2 is 2.00 bits per heavy atom. The third-order valence-corrected chi connectivity index (χ3v) is 7.03. The van der Waals surface area contributed by atoms with Gasteiger partial charge >= 0.3 is 12.7 Å². The molecular formula is C29H35F2N5O4. The Kier molecular flexibility index (Phi) is 8.19. The number of rotatable bonds is 8. The number of benzene rings is 1. The molecule has 1 saturated carbocycles. The Bertz CT molecular complexity index is 1320. The number of pyridine rings is 1. The normalized spacial score (nSPS) is 19.6. The van der Waals surface area contributed by atoms with E-state index in [2.05, 4.69) is 26.4 Å². The molecule has 1 saturated heterocycles. The molecule has 40 heavy (non-hydrogen) atoms. The van der Waals surface area contributed by atoms with Gasteiger partial charge in [-0.15, -0.1) is 0 Å². The summed E-state index contributed by atoms with van der Waals surface area (Å²) in [6.45, 7) is 6.90. The summed E-state index contributed by atoms with van der Waals surface area (Å²) in [5, 5.41) is 16.0. The lowest BCUT2D eigenvalue weighted by atomic mass is 9.97. The fourth-order valence-corrected chi connectivity index (χ4v) is 4.98. The van der Waals surface area contributed by atoms with E-state index in [0.717, 1.165) is 12.8 Å². The maximum Gasteiger partial charge on any atom is 0.408 e. The molecule has 0 spiro atoms. The molecule has 1 aromatic heterocycles. The van der Waals surface area contributed by atoms with E-state index in [1.54, 1.807) is 26.8 Å². The van der Waals surface area contributed by atoms with Gasteiger partial charge < -0.3 is 25.0 Å². The van der Waals surface area contributed by atoms with Crippen LogP contribution >= 0.6 is 0 Å². The third kappa shape index (κ3) is 6.97. The number of carbonyl (C=O) groups is 2. The smallest absolute Gasteiger partial charge is 0.408 e. The molecule has 1 aliphatic heterocycles. The average molecular weight is 556 g/mol. The van der Waals surface area contributed by atoms with Crippen LogP contribution in [0.25, 0.3) is 11.1 Å². The number of alkyl carbamates (subject to hydrolysis) is 1. The number of hydrogen-bond donors (Lipinski definition) is 2. The first-order chi connectivity index (χ1) is 18.8. The monoisotopic (exact) mass is 555 g/mol. The SMILES string of the molecule is C[C@H](NC(=O)c1cnc(C#N)c(-c2cccc(OC(F)F)c2)c1N1CC[C@](C)(NC(=O)OC(C)(C)C)C1)C1CC1. The number of carbonyl (C=O) groups excluding carboxylic acids is 2. The zero-order valence-electron chi connectivity index (χ0n) is 23.4.